The lowest BCUT2D eigenvalue weighted by Crippen LogP contribution is -2.42. The number of nitrogens with one attached hydrogen (secondary N) is 2. The van der Waals surface area contributed by atoms with Crippen molar-refractivity contribution >= 4 is 23.2 Å². The molecule has 2 heterocycles. The summed E-state index contributed by atoms with van der Waals surface area (Å²) in [6.45, 7) is 8.83. The predicted octanol–water partition coefficient (Wildman–Crippen LogP) is 5.64. The number of aromatic nitrogens is 2. The molecule has 8 heteroatoms. The second-order valence-electron chi connectivity index (χ2n) is 10.9. The molecule has 1 fully saturated rings. The Morgan fingerprint density at radius 3 is 2.33 bits per heavy atom. The van der Waals surface area contributed by atoms with E-state index in [0.717, 1.165) is 60.3 Å². The molecule has 0 spiro atoms. The quantitative estimate of drug-likeness (QED) is 0.355. The summed E-state index contributed by atoms with van der Waals surface area (Å²) in [5.74, 6) is -0.237. The fraction of sp³-hybridized carbons (Fsp3) is 0.452. The van der Waals surface area contributed by atoms with Crippen molar-refractivity contribution in [2.45, 2.75) is 72.0 Å². The summed E-state index contributed by atoms with van der Waals surface area (Å²) < 4.78 is 0. The zero-order chi connectivity index (χ0) is 28.3. The molecule has 0 unspecified atom stereocenters. The number of amides is 1. The smallest absolute Gasteiger partial charge is 0.251 e. The molecule has 0 radical (unpaired) electrons. The molecule has 0 bridgehead atoms. The van der Waals surface area contributed by atoms with Gasteiger partial charge in [-0.3, -0.25) is 14.6 Å². The van der Waals surface area contributed by atoms with Crippen LogP contribution in [-0.4, -0.2) is 53.5 Å². The average Bonchev–Trinajstić information content (AvgIpc) is 2.90. The molecule has 1 aliphatic rings. The van der Waals surface area contributed by atoms with Gasteiger partial charge < -0.3 is 20.1 Å². The van der Waals surface area contributed by atoms with Crippen molar-refractivity contribution in [2.75, 3.05) is 25.5 Å². The number of pyridine rings is 2. The van der Waals surface area contributed by atoms with Crippen LogP contribution in [0.4, 0.5) is 5.69 Å². The van der Waals surface area contributed by atoms with Crippen molar-refractivity contribution in [3.63, 3.8) is 0 Å². The van der Waals surface area contributed by atoms with Crippen molar-refractivity contribution in [3.8, 4) is 11.1 Å². The van der Waals surface area contributed by atoms with Gasteiger partial charge in [-0.2, -0.15) is 0 Å². The van der Waals surface area contributed by atoms with Gasteiger partial charge in [-0.05, 0) is 96.8 Å². The van der Waals surface area contributed by atoms with Gasteiger partial charge in [-0.15, -0.1) is 0 Å². The Balaban J connectivity index is 1.70. The summed E-state index contributed by atoms with van der Waals surface area (Å²) in [7, 11) is 4.32. The number of nitrogens with zero attached hydrogens (tertiary/aromatic N) is 3. The molecule has 2 N–H and O–H groups in total. The average molecular weight is 550 g/mol. The van der Waals surface area contributed by atoms with Crippen molar-refractivity contribution in [1.29, 1.82) is 0 Å². The van der Waals surface area contributed by atoms with Crippen LogP contribution in [-0.2, 0) is 6.54 Å². The lowest BCUT2D eigenvalue weighted by molar-refractivity contribution is 0.0950. The zero-order valence-electron chi connectivity index (χ0n) is 23.9. The number of aromatic amines is 1. The first-order chi connectivity index (χ1) is 18.6. The number of rotatable bonds is 8. The van der Waals surface area contributed by atoms with E-state index >= 15 is 0 Å². The summed E-state index contributed by atoms with van der Waals surface area (Å²) in [5, 5.41) is 3.20. The highest BCUT2D eigenvalue weighted by atomic mass is 35.5. The van der Waals surface area contributed by atoms with E-state index in [-0.39, 0.29) is 23.0 Å². The molecule has 2 aromatic heterocycles. The summed E-state index contributed by atoms with van der Waals surface area (Å²) in [6.07, 6.45) is 6.41. The predicted molar refractivity (Wildman–Crippen MR) is 160 cm³/mol. The van der Waals surface area contributed by atoms with Gasteiger partial charge in [0.25, 0.3) is 5.91 Å². The van der Waals surface area contributed by atoms with E-state index in [1.807, 2.05) is 38.2 Å². The number of carbonyl (C=O) groups excluding carboxylic acids is 1. The monoisotopic (exact) mass is 549 g/mol. The zero-order valence-corrected chi connectivity index (χ0v) is 24.7. The fourth-order valence-electron chi connectivity index (χ4n) is 5.66. The maximum absolute atomic E-state index is 13.6. The SMILES string of the molecule is CCN(c1cc(-c2ccc(C)nc2)cc(C(=O)NCc2c(Cl)[nH]c(C)cc2=O)c1C)[C@H]1CC[C@H](N(C)C)CC1. The van der Waals surface area contributed by atoms with Crippen molar-refractivity contribution < 1.29 is 4.79 Å². The lowest BCUT2D eigenvalue weighted by Gasteiger charge is -2.40. The Morgan fingerprint density at radius 2 is 1.74 bits per heavy atom. The van der Waals surface area contributed by atoms with Crippen LogP contribution in [0.5, 0.6) is 0 Å². The second-order valence-corrected chi connectivity index (χ2v) is 11.2. The fourth-order valence-corrected chi connectivity index (χ4v) is 5.96. The number of aryl methyl sites for hydroxylation is 2. The van der Waals surface area contributed by atoms with E-state index < -0.39 is 0 Å². The first-order valence-corrected chi connectivity index (χ1v) is 14.1. The van der Waals surface area contributed by atoms with Crippen LogP contribution >= 0.6 is 11.6 Å². The molecule has 1 aromatic carbocycles. The van der Waals surface area contributed by atoms with Gasteiger partial charge in [0.05, 0.1) is 5.56 Å². The minimum Gasteiger partial charge on any atom is -0.369 e. The molecular weight excluding hydrogens is 510 g/mol. The third-order valence-electron chi connectivity index (χ3n) is 8.00. The topological polar surface area (TPSA) is 81.3 Å². The van der Waals surface area contributed by atoms with Gasteiger partial charge in [0.1, 0.15) is 5.15 Å². The van der Waals surface area contributed by atoms with E-state index in [9.17, 15) is 9.59 Å². The Labute approximate surface area is 236 Å². The highest BCUT2D eigenvalue weighted by Gasteiger charge is 2.28. The van der Waals surface area contributed by atoms with Crippen LogP contribution < -0.4 is 15.6 Å². The minimum absolute atomic E-state index is 0.0460. The number of carbonyl (C=O) groups is 1. The van der Waals surface area contributed by atoms with Crippen LogP contribution in [0.15, 0.2) is 41.3 Å². The standard InChI is InChI=1S/C31H40ClN5O2/c1-7-37(25-12-10-24(11-13-25)36(5)6)28-16-23(22-9-8-19(2)33-17-22)15-26(21(28)4)31(39)34-18-27-29(38)14-20(3)35-30(27)32/h8-9,14-17,24-25H,7,10-13,18H2,1-6H3,(H,34,39)(H,35,38)/t24-,25-. The van der Waals surface area contributed by atoms with Gasteiger partial charge in [0.2, 0.25) is 0 Å². The molecule has 0 atom stereocenters. The van der Waals surface area contributed by atoms with Gasteiger partial charge >= 0.3 is 0 Å². The van der Waals surface area contributed by atoms with Crippen LogP contribution in [0.3, 0.4) is 0 Å². The molecule has 3 aromatic rings. The van der Waals surface area contributed by atoms with Gasteiger partial charge in [0, 0.05) is 65.6 Å². The Morgan fingerprint density at radius 1 is 1.05 bits per heavy atom. The highest BCUT2D eigenvalue weighted by Crippen LogP contribution is 2.35. The first-order valence-electron chi connectivity index (χ1n) is 13.8. The van der Waals surface area contributed by atoms with Gasteiger partial charge in [0.15, 0.2) is 5.43 Å². The third kappa shape index (κ3) is 6.53. The maximum Gasteiger partial charge on any atom is 0.251 e. The highest BCUT2D eigenvalue weighted by molar-refractivity contribution is 6.30. The summed E-state index contributed by atoms with van der Waals surface area (Å²) in [4.78, 5) is 38.4. The molecule has 39 heavy (non-hydrogen) atoms. The first kappa shape index (κ1) is 28.8. The van der Waals surface area contributed by atoms with E-state index in [1.54, 1.807) is 6.92 Å². The van der Waals surface area contributed by atoms with Crippen molar-refractivity contribution in [1.82, 2.24) is 20.2 Å². The van der Waals surface area contributed by atoms with Crippen LogP contribution in [0.1, 0.15) is 65.5 Å². The molecule has 1 amide bonds. The van der Waals surface area contributed by atoms with E-state index in [1.165, 1.54) is 6.07 Å². The minimum atomic E-state index is -0.237. The number of halogens is 1. The Bertz CT molecular complexity index is 1370. The van der Waals surface area contributed by atoms with Gasteiger partial charge in [-0.25, -0.2) is 0 Å². The molecule has 1 aliphatic carbocycles. The molecule has 4 rings (SSSR count). The summed E-state index contributed by atoms with van der Waals surface area (Å²) in [6, 6.07) is 10.7. The number of hydrogen-bond acceptors (Lipinski definition) is 5. The largest absolute Gasteiger partial charge is 0.369 e. The molecule has 7 nitrogen and oxygen atoms in total. The van der Waals surface area contributed by atoms with Crippen LogP contribution in [0.2, 0.25) is 5.15 Å². The van der Waals surface area contributed by atoms with Gasteiger partial charge in [-0.1, -0.05) is 17.7 Å². The van der Waals surface area contributed by atoms with Crippen LogP contribution in [0, 0.1) is 20.8 Å². The second kappa shape index (κ2) is 12.3. The van der Waals surface area contributed by atoms with E-state index in [0.29, 0.717) is 28.9 Å². The Hall–Kier alpha value is -3.16. The molecule has 0 saturated heterocycles. The molecule has 0 aliphatic heterocycles. The van der Waals surface area contributed by atoms with Crippen LogP contribution in [0.25, 0.3) is 11.1 Å². The summed E-state index contributed by atoms with van der Waals surface area (Å²) in [5.41, 5.74) is 6.26. The van der Waals surface area contributed by atoms with Crippen molar-refractivity contribution in [2.24, 2.45) is 0 Å². The number of H-pyrrole nitrogens is 1. The Kier molecular flexibility index (Phi) is 9.13. The number of anilines is 1. The summed E-state index contributed by atoms with van der Waals surface area (Å²) >= 11 is 6.29. The molecule has 1 saturated carbocycles. The van der Waals surface area contributed by atoms with E-state index in [4.69, 9.17) is 11.6 Å². The number of hydrogen-bond donors (Lipinski definition) is 2. The molecule has 208 valence electrons. The molecular formula is C31H40ClN5O2. The van der Waals surface area contributed by atoms with Crippen molar-refractivity contribution in [3.05, 3.63) is 80.0 Å². The lowest BCUT2D eigenvalue weighted by atomic mass is 9.88. The van der Waals surface area contributed by atoms with E-state index in [2.05, 4.69) is 52.2 Å². The maximum atomic E-state index is 13.6. The normalized spacial score (nSPS) is 17.3. The third-order valence-corrected chi connectivity index (χ3v) is 8.32. The number of benzene rings is 1.